The quantitative estimate of drug-likeness (QED) is 0.815. The second kappa shape index (κ2) is 6.11. The van der Waals surface area contributed by atoms with Crippen molar-refractivity contribution in [2.24, 2.45) is 0 Å². The fourth-order valence-corrected chi connectivity index (χ4v) is 3.48. The van der Waals surface area contributed by atoms with Crippen molar-refractivity contribution in [2.75, 3.05) is 52.6 Å². The largest absolute Gasteiger partial charge is 0.493 e. The Morgan fingerprint density at radius 2 is 2.22 bits per heavy atom. The van der Waals surface area contributed by atoms with Crippen LogP contribution in [0.2, 0.25) is 0 Å². The SMILES string of the molecule is O=C(c1ccc2c(c1)CCO2)N1CCO[C@@]2(CNCCOC2)C1. The van der Waals surface area contributed by atoms with Crippen LogP contribution in [0.25, 0.3) is 0 Å². The number of benzene rings is 1. The number of ether oxygens (including phenoxy) is 3. The molecule has 6 nitrogen and oxygen atoms in total. The van der Waals surface area contributed by atoms with Crippen molar-refractivity contribution in [3.05, 3.63) is 29.3 Å². The van der Waals surface area contributed by atoms with Crippen molar-refractivity contribution >= 4 is 5.91 Å². The summed E-state index contributed by atoms with van der Waals surface area (Å²) in [5, 5.41) is 3.34. The highest BCUT2D eigenvalue weighted by Crippen LogP contribution is 2.27. The molecule has 1 spiro atoms. The van der Waals surface area contributed by atoms with Crippen LogP contribution in [0.1, 0.15) is 15.9 Å². The van der Waals surface area contributed by atoms with E-state index in [1.165, 1.54) is 0 Å². The summed E-state index contributed by atoms with van der Waals surface area (Å²) < 4.78 is 17.1. The first-order valence-electron chi connectivity index (χ1n) is 8.23. The van der Waals surface area contributed by atoms with Gasteiger partial charge in [-0.3, -0.25) is 4.79 Å². The maximum Gasteiger partial charge on any atom is 0.254 e. The van der Waals surface area contributed by atoms with E-state index in [0.717, 1.165) is 36.4 Å². The van der Waals surface area contributed by atoms with Crippen molar-refractivity contribution in [3.63, 3.8) is 0 Å². The lowest BCUT2D eigenvalue weighted by molar-refractivity contribution is -0.125. The number of nitrogens with zero attached hydrogens (tertiary/aromatic N) is 1. The van der Waals surface area contributed by atoms with E-state index < -0.39 is 5.60 Å². The summed E-state index contributed by atoms with van der Waals surface area (Å²) in [5.41, 5.74) is 1.43. The molecule has 124 valence electrons. The third-order valence-electron chi connectivity index (χ3n) is 4.71. The summed E-state index contributed by atoms with van der Waals surface area (Å²) in [7, 11) is 0. The maximum atomic E-state index is 12.9. The van der Waals surface area contributed by atoms with Crippen LogP contribution >= 0.6 is 0 Å². The van der Waals surface area contributed by atoms with Crippen molar-refractivity contribution in [1.29, 1.82) is 0 Å². The van der Waals surface area contributed by atoms with Crippen molar-refractivity contribution in [1.82, 2.24) is 10.2 Å². The van der Waals surface area contributed by atoms with E-state index in [2.05, 4.69) is 5.32 Å². The van der Waals surface area contributed by atoms with Crippen LogP contribution < -0.4 is 10.1 Å². The normalized spacial score (nSPS) is 27.4. The second-order valence-corrected chi connectivity index (χ2v) is 6.41. The van der Waals surface area contributed by atoms with E-state index in [0.29, 0.717) is 39.5 Å². The van der Waals surface area contributed by atoms with E-state index in [4.69, 9.17) is 14.2 Å². The van der Waals surface area contributed by atoms with Crippen molar-refractivity contribution in [3.8, 4) is 5.75 Å². The molecule has 1 atom stereocenters. The molecule has 3 heterocycles. The Morgan fingerprint density at radius 1 is 1.26 bits per heavy atom. The van der Waals surface area contributed by atoms with Gasteiger partial charge in [-0.2, -0.15) is 0 Å². The van der Waals surface area contributed by atoms with Gasteiger partial charge in [-0.1, -0.05) is 0 Å². The van der Waals surface area contributed by atoms with Crippen LogP contribution in [0.3, 0.4) is 0 Å². The Balaban J connectivity index is 1.51. The number of carbonyl (C=O) groups is 1. The molecule has 0 unspecified atom stereocenters. The lowest BCUT2D eigenvalue weighted by Crippen LogP contribution is -2.59. The molecule has 2 fully saturated rings. The van der Waals surface area contributed by atoms with Crippen LogP contribution in [0, 0.1) is 0 Å². The van der Waals surface area contributed by atoms with E-state index in [1.54, 1.807) is 0 Å². The molecule has 0 radical (unpaired) electrons. The van der Waals surface area contributed by atoms with Crippen LogP contribution in [0.15, 0.2) is 18.2 Å². The molecule has 1 aromatic carbocycles. The van der Waals surface area contributed by atoms with E-state index in [-0.39, 0.29) is 5.91 Å². The molecule has 0 aliphatic carbocycles. The van der Waals surface area contributed by atoms with Gasteiger partial charge in [0.15, 0.2) is 0 Å². The van der Waals surface area contributed by atoms with Gasteiger partial charge in [0.2, 0.25) is 0 Å². The van der Waals surface area contributed by atoms with E-state index in [1.807, 2.05) is 23.1 Å². The fraction of sp³-hybridized carbons (Fsp3) is 0.588. The highest BCUT2D eigenvalue weighted by molar-refractivity contribution is 5.94. The molecule has 3 aliphatic heterocycles. The number of amides is 1. The summed E-state index contributed by atoms with van der Waals surface area (Å²) in [4.78, 5) is 14.8. The smallest absolute Gasteiger partial charge is 0.254 e. The molecule has 1 amide bonds. The number of morpholine rings is 1. The van der Waals surface area contributed by atoms with Crippen molar-refractivity contribution in [2.45, 2.75) is 12.0 Å². The van der Waals surface area contributed by atoms with Gasteiger partial charge in [-0.05, 0) is 23.8 Å². The Morgan fingerprint density at radius 3 is 3.17 bits per heavy atom. The third kappa shape index (κ3) is 2.94. The highest BCUT2D eigenvalue weighted by atomic mass is 16.5. The van der Waals surface area contributed by atoms with Crippen LogP contribution in [0.4, 0.5) is 0 Å². The minimum atomic E-state index is -0.426. The fourth-order valence-electron chi connectivity index (χ4n) is 3.48. The number of rotatable bonds is 1. The van der Waals surface area contributed by atoms with Gasteiger partial charge < -0.3 is 24.4 Å². The summed E-state index contributed by atoms with van der Waals surface area (Å²) in [6, 6.07) is 5.73. The average molecular weight is 318 g/mol. The van der Waals surface area contributed by atoms with E-state index >= 15 is 0 Å². The average Bonchev–Trinajstić information content (AvgIpc) is 2.94. The zero-order valence-electron chi connectivity index (χ0n) is 13.2. The van der Waals surface area contributed by atoms with Crippen LogP contribution in [-0.2, 0) is 15.9 Å². The number of hydrogen-bond donors (Lipinski definition) is 1. The Labute approximate surface area is 135 Å². The number of fused-ring (bicyclic) bond motifs is 1. The summed E-state index contributed by atoms with van der Waals surface area (Å²) in [6.07, 6.45) is 0.876. The molecule has 4 rings (SSSR count). The lowest BCUT2D eigenvalue weighted by atomic mass is 10.0. The zero-order valence-corrected chi connectivity index (χ0v) is 13.2. The van der Waals surface area contributed by atoms with E-state index in [9.17, 15) is 4.79 Å². The number of nitrogens with one attached hydrogen (secondary N) is 1. The van der Waals surface area contributed by atoms with Gasteiger partial charge in [-0.15, -0.1) is 0 Å². The van der Waals surface area contributed by atoms with Gasteiger partial charge in [0.05, 0.1) is 33.0 Å². The van der Waals surface area contributed by atoms with Gasteiger partial charge >= 0.3 is 0 Å². The first-order valence-corrected chi connectivity index (χ1v) is 8.23. The predicted octanol–water partition coefficient (Wildman–Crippen LogP) is 0.452. The first kappa shape index (κ1) is 14.9. The van der Waals surface area contributed by atoms with Gasteiger partial charge in [0.25, 0.3) is 5.91 Å². The van der Waals surface area contributed by atoms with Gasteiger partial charge in [0.1, 0.15) is 11.4 Å². The minimum absolute atomic E-state index is 0.0617. The molecule has 1 aromatic rings. The molecule has 3 aliphatic rings. The highest BCUT2D eigenvalue weighted by Gasteiger charge is 2.39. The topological polar surface area (TPSA) is 60.0 Å². The molecular weight excluding hydrogens is 296 g/mol. The summed E-state index contributed by atoms with van der Waals surface area (Å²) in [5.74, 6) is 0.966. The molecule has 0 saturated carbocycles. The summed E-state index contributed by atoms with van der Waals surface area (Å²) in [6.45, 7) is 5.19. The molecular formula is C17H22N2O4. The molecule has 2 saturated heterocycles. The molecule has 0 aromatic heterocycles. The molecule has 6 heteroatoms. The van der Waals surface area contributed by atoms with Gasteiger partial charge in [0, 0.05) is 31.6 Å². The Kier molecular flexibility index (Phi) is 3.97. The molecule has 0 bridgehead atoms. The second-order valence-electron chi connectivity index (χ2n) is 6.41. The van der Waals surface area contributed by atoms with Crippen LogP contribution in [-0.4, -0.2) is 69.0 Å². The minimum Gasteiger partial charge on any atom is -0.493 e. The molecule has 1 N–H and O–H groups in total. The standard InChI is InChI=1S/C17H22N2O4/c20-16(14-1-2-15-13(9-14)3-6-22-15)19-5-8-23-17(11-19)10-18-4-7-21-12-17/h1-2,9,18H,3-8,10-12H2/t17-/m0/s1. The van der Waals surface area contributed by atoms with Crippen LogP contribution in [0.5, 0.6) is 5.75 Å². The van der Waals surface area contributed by atoms with Gasteiger partial charge in [-0.25, -0.2) is 0 Å². The lowest BCUT2D eigenvalue weighted by Gasteiger charge is -2.41. The maximum absolute atomic E-state index is 12.9. The first-order chi connectivity index (χ1) is 11.3. The molecule has 23 heavy (non-hydrogen) atoms. The summed E-state index contributed by atoms with van der Waals surface area (Å²) >= 11 is 0. The Hall–Kier alpha value is -1.63. The predicted molar refractivity (Wildman–Crippen MR) is 83.9 cm³/mol. The Bertz CT molecular complexity index is 596. The van der Waals surface area contributed by atoms with Crippen molar-refractivity contribution < 1.29 is 19.0 Å². The third-order valence-corrected chi connectivity index (χ3v) is 4.71. The zero-order chi connectivity index (χ0) is 15.7. The number of hydrogen-bond acceptors (Lipinski definition) is 5. The number of carbonyl (C=O) groups excluding carboxylic acids is 1. The monoisotopic (exact) mass is 318 g/mol.